The van der Waals surface area contributed by atoms with Crippen LogP contribution in [0.1, 0.15) is 39.5 Å². The maximum atomic E-state index is 12.6. The number of amides is 1. The molecule has 0 radical (unpaired) electrons. The van der Waals surface area contributed by atoms with Crippen molar-refractivity contribution in [1.82, 2.24) is 4.90 Å². The topological polar surface area (TPSA) is 64.8 Å². The Labute approximate surface area is 116 Å². The molecular weight excluding hydrogens is 244 g/mol. The molecule has 112 valence electrons. The molecule has 19 heavy (non-hydrogen) atoms. The van der Waals surface area contributed by atoms with Gasteiger partial charge in [-0.05, 0) is 25.7 Å². The fraction of sp³-hybridized carbons (Fsp3) is 0.929. The third kappa shape index (κ3) is 4.44. The highest BCUT2D eigenvalue weighted by atomic mass is 16.5. The molecule has 1 heterocycles. The van der Waals surface area contributed by atoms with Crippen molar-refractivity contribution in [3.8, 4) is 0 Å². The molecule has 1 aliphatic heterocycles. The summed E-state index contributed by atoms with van der Waals surface area (Å²) in [5, 5.41) is 0. The summed E-state index contributed by atoms with van der Waals surface area (Å²) < 4.78 is 10.8. The molecule has 1 fully saturated rings. The lowest BCUT2D eigenvalue weighted by atomic mass is 10.1. The van der Waals surface area contributed by atoms with Gasteiger partial charge in [-0.3, -0.25) is 4.79 Å². The van der Waals surface area contributed by atoms with Crippen molar-refractivity contribution in [2.24, 2.45) is 5.73 Å². The van der Waals surface area contributed by atoms with Gasteiger partial charge in [0, 0.05) is 26.2 Å². The molecule has 0 bridgehead atoms. The predicted molar refractivity (Wildman–Crippen MR) is 74.9 cm³/mol. The first-order chi connectivity index (χ1) is 9.17. The lowest BCUT2D eigenvalue weighted by Gasteiger charge is -2.32. The first-order valence-corrected chi connectivity index (χ1v) is 7.32. The van der Waals surface area contributed by atoms with Crippen LogP contribution in [0.4, 0.5) is 0 Å². The maximum Gasteiger partial charge on any atom is 0.252 e. The van der Waals surface area contributed by atoms with Gasteiger partial charge in [-0.15, -0.1) is 0 Å². The number of hydrogen-bond acceptors (Lipinski definition) is 4. The lowest BCUT2D eigenvalue weighted by molar-refractivity contribution is -0.146. The van der Waals surface area contributed by atoms with E-state index in [1.54, 1.807) is 7.11 Å². The Balaban J connectivity index is 2.65. The number of carbonyl (C=O) groups is 1. The molecule has 0 aliphatic carbocycles. The van der Waals surface area contributed by atoms with E-state index in [2.05, 4.69) is 13.8 Å². The molecule has 1 aliphatic rings. The van der Waals surface area contributed by atoms with Crippen molar-refractivity contribution in [2.75, 3.05) is 26.8 Å². The highest BCUT2D eigenvalue weighted by Crippen LogP contribution is 2.22. The molecule has 2 N–H and O–H groups in total. The summed E-state index contributed by atoms with van der Waals surface area (Å²) in [6.45, 7) is 5.91. The molecular formula is C14H28N2O3. The Hall–Kier alpha value is -0.650. The van der Waals surface area contributed by atoms with E-state index in [4.69, 9.17) is 15.2 Å². The molecule has 0 saturated carbocycles. The van der Waals surface area contributed by atoms with Gasteiger partial charge in [-0.1, -0.05) is 13.8 Å². The van der Waals surface area contributed by atoms with Gasteiger partial charge in [-0.2, -0.15) is 0 Å². The highest BCUT2D eigenvalue weighted by Gasteiger charge is 2.34. The number of hydrogen-bond donors (Lipinski definition) is 1. The zero-order chi connectivity index (χ0) is 14.3. The molecule has 0 aromatic carbocycles. The summed E-state index contributed by atoms with van der Waals surface area (Å²) in [6.07, 6.45) is 3.31. The summed E-state index contributed by atoms with van der Waals surface area (Å²) in [7, 11) is 1.66. The third-order valence-corrected chi connectivity index (χ3v) is 3.85. The van der Waals surface area contributed by atoms with Gasteiger partial charge in [0.2, 0.25) is 0 Å². The molecule has 0 aromatic heterocycles. The summed E-state index contributed by atoms with van der Waals surface area (Å²) in [5.74, 6) is 0.0988. The van der Waals surface area contributed by atoms with E-state index in [0.29, 0.717) is 19.7 Å². The number of methoxy groups -OCH3 is 1. The molecule has 1 saturated heterocycles. The number of rotatable bonds is 8. The quantitative estimate of drug-likeness (QED) is 0.720. The average molecular weight is 272 g/mol. The van der Waals surface area contributed by atoms with E-state index < -0.39 is 0 Å². The minimum Gasteiger partial charge on any atom is -0.383 e. The van der Waals surface area contributed by atoms with Crippen LogP contribution in [0.2, 0.25) is 0 Å². The predicted octanol–water partition coefficient (Wildman–Crippen LogP) is 1.16. The van der Waals surface area contributed by atoms with E-state index in [0.717, 1.165) is 25.7 Å². The average Bonchev–Trinajstić information content (AvgIpc) is 2.91. The normalized spacial score (nSPS) is 23.0. The van der Waals surface area contributed by atoms with Crippen LogP contribution >= 0.6 is 0 Å². The van der Waals surface area contributed by atoms with Crippen molar-refractivity contribution < 1.29 is 14.3 Å². The Morgan fingerprint density at radius 2 is 2.11 bits per heavy atom. The fourth-order valence-corrected chi connectivity index (χ4v) is 2.64. The van der Waals surface area contributed by atoms with Crippen molar-refractivity contribution in [2.45, 2.75) is 57.8 Å². The second-order valence-electron chi connectivity index (χ2n) is 5.05. The van der Waals surface area contributed by atoms with Crippen molar-refractivity contribution in [3.05, 3.63) is 0 Å². The molecule has 1 amide bonds. The SMILES string of the molecule is CCC(CC)N(CCOC)C(=O)[C@@H]1CC[C@H](CN)O1. The van der Waals surface area contributed by atoms with E-state index in [-0.39, 0.29) is 24.2 Å². The molecule has 0 unspecified atom stereocenters. The van der Waals surface area contributed by atoms with Crippen molar-refractivity contribution >= 4 is 5.91 Å². The Bertz CT molecular complexity index is 269. The Morgan fingerprint density at radius 3 is 2.58 bits per heavy atom. The fourth-order valence-electron chi connectivity index (χ4n) is 2.64. The first kappa shape index (κ1) is 16.4. The monoisotopic (exact) mass is 272 g/mol. The van der Waals surface area contributed by atoms with Crippen molar-refractivity contribution in [1.29, 1.82) is 0 Å². The minimum absolute atomic E-state index is 0.0416. The van der Waals surface area contributed by atoms with Gasteiger partial charge in [0.05, 0.1) is 12.7 Å². The summed E-state index contributed by atoms with van der Waals surface area (Å²) in [4.78, 5) is 14.5. The molecule has 0 spiro atoms. The van der Waals surface area contributed by atoms with Gasteiger partial charge in [0.25, 0.3) is 5.91 Å². The molecule has 0 aromatic rings. The van der Waals surface area contributed by atoms with Gasteiger partial charge in [0.1, 0.15) is 6.10 Å². The standard InChI is InChI=1S/C14H28N2O3/c1-4-11(5-2)16(8-9-18-3)14(17)13-7-6-12(10-15)19-13/h11-13H,4-10,15H2,1-3H3/t12-,13+/m1/s1. The molecule has 5 nitrogen and oxygen atoms in total. The number of nitrogens with two attached hydrogens (primary N) is 1. The number of carbonyl (C=O) groups excluding carboxylic acids is 1. The second kappa shape index (κ2) is 8.51. The van der Waals surface area contributed by atoms with E-state index in [9.17, 15) is 4.79 Å². The van der Waals surface area contributed by atoms with Crippen molar-refractivity contribution in [3.63, 3.8) is 0 Å². The Kier molecular flexibility index (Phi) is 7.34. The van der Waals surface area contributed by atoms with Crippen LogP contribution < -0.4 is 5.73 Å². The van der Waals surface area contributed by atoms with E-state index in [1.165, 1.54) is 0 Å². The van der Waals surface area contributed by atoms with Crippen LogP contribution in [0.25, 0.3) is 0 Å². The van der Waals surface area contributed by atoms with Gasteiger partial charge in [-0.25, -0.2) is 0 Å². The lowest BCUT2D eigenvalue weighted by Crippen LogP contribution is -2.47. The first-order valence-electron chi connectivity index (χ1n) is 7.32. The van der Waals surface area contributed by atoms with Crippen LogP contribution in [0.3, 0.4) is 0 Å². The van der Waals surface area contributed by atoms with Gasteiger partial charge in [0.15, 0.2) is 0 Å². The largest absolute Gasteiger partial charge is 0.383 e. The number of ether oxygens (including phenoxy) is 2. The summed E-state index contributed by atoms with van der Waals surface area (Å²) in [6, 6.07) is 0.267. The van der Waals surface area contributed by atoms with Gasteiger partial charge < -0.3 is 20.1 Å². The van der Waals surface area contributed by atoms with E-state index in [1.807, 2.05) is 4.90 Å². The zero-order valence-corrected chi connectivity index (χ0v) is 12.4. The second-order valence-corrected chi connectivity index (χ2v) is 5.05. The van der Waals surface area contributed by atoms with E-state index >= 15 is 0 Å². The van der Waals surface area contributed by atoms with Crippen LogP contribution in [0.5, 0.6) is 0 Å². The minimum atomic E-state index is -0.314. The van der Waals surface area contributed by atoms with Gasteiger partial charge >= 0.3 is 0 Å². The summed E-state index contributed by atoms with van der Waals surface area (Å²) in [5.41, 5.74) is 5.59. The highest BCUT2D eigenvalue weighted by molar-refractivity contribution is 5.81. The Morgan fingerprint density at radius 1 is 1.42 bits per heavy atom. The van der Waals surface area contributed by atoms with Crippen LogP contribution in [-0.2, 0) is 14.3 Å². The third-order valence-electron chi connectivity index (χ3n) is 3.85. The smallest absolute Gasteiger partial charge is 0.252 e. The molecule has 2 atom stereocenters. The molecule has 5 heteroatoms. The molecule has 1 rings (SSSR count). The maximum absolute atomic E-state index is 12.6. The number of nitrogens with zero attached hydrogens (tertiary/aromatic N) is 1. The van der Waals surface area contributed by atoms with Crippen LogP contribution in [0.15, 0.2) is 0 Å². The van der Waals surface area contributed by atoms with Crippen LogP contribution in [0, 0.1) is 0 Å². The zero-order valence-electron chi connectivity index (χ0n) is 12.4. The summed E-state index contributed by atoms with van der Waals surface area (Å²) >= 11 is 0. The van der Waals surface area contributed by atoms with Crippen LogP contribution in [-0.4, -0.2) is 55.9 Å².